The van der Waals surface area contributed by atoms with E-state index in [2.05, 4.69) is 0 Å². The molecule has 0 atom stereocenters. The molecule has 5 N–H and O–H groups in total. The number of rotatable bonds is 4. The van der Waals surface area contributed by atoms with Crippen molar-refractivity contribution in [2.45, 2.75) is 6.54 Å². The molecule has 0 fully saturated rings. The van der Waals surface area contributed by atoms with Crippen LogP contribution < -0.4 is 16.2 Å². The molecule has 0 saturated carbocycles. The van der Waals surface area contributed by atoms with E-state index in [0.717, 1.165) is 5.56 Å². The first-order valence-electron chi connectivity index (χ1n) is 4.06. The quantitative estimate of drug-likeness (QED) is 0.597. The SMILES string of the molecule is NCc1ccc(N)c(OCC(=O)O)c1. The normalized spacial score (nSPS) is 9.79. The van der Waals surface area contributed by atoms with Gasteiger partial charge in [-0.3, -0.25) is 0 Å². The highest BCUT2D eigenvalue weighted by Crippen LogP contribution is 2.22. The van der Waals surface area contributed by atoms with E-state index in [1.54, 1.807) is 18.2 Å². The van der Waals surface area contributed by atoms with Gasteiger partial charge in [-0.15, -0.1) is 0 Å². The fourth-order valence-electron chi connectivity index (χ4n) is 0.970. The molecule has 76 valence electrons. The number of carboxylic acid groups (broad SMARTS) is 1. The number of hydrogen-bond donors (Lipinski definition) is 3. The molecule has 5 nitrogen and oxygen atoms in total. The Morgan fingerprint density at radius 2 is 2.21 bits per heavy atom. The second-order valence-corrected chi connectivity index (χ2v) is 2.76. The third-order valence-corrected chi connectivity index (χ3v) is 1.66. The van der Waals surface area contributed by atoms with Gasteiger partial charge in [0, 0.05) is 6.54 Å². The predicted octanol–water partition coefficient (Wildman–Crippen LogP) is 0.191. The van der Waals surface area contributed by atoms with Gasteiger partial charge >= 0.3 is 5.97 Å². The fourth-order valence-corrected chi connectivity index (χ4v) is 0.970. The lowest BCUT2D eigenvalue weighted by molar-refractivity contribution is -0.139. The lowest BCUT2D eigenvalue weighted by atomic mass is 10.2. The van der Waals surface area contributed by atoms with Crippen LogP contribution in [0.5, 0.6) is 5.75 Å². The smallest absolute Gasteiger partial charge is 0.341 e. The first-order valence-corrected chi connectivity index (χ1v) is 4.06. The van der Waals surface area contributed by atoms with E-state index in [1.807, 2.05) is 0 Å². The van der Waals surface area contributed by atoms with E-state index < -0.39 is 12.6 Å². The summed E-state index contributed by atoms with van der Waals surface area (Å²) in [5.74, 6) is -0.682. The average molecular weight is 196 g/mol. The second-order valence-electron chi connectivity index (χ2n) is 2.76. The molecule has 1 rings (SSSR count). The Balaban J connectivity index is 2.78. The molecule has 1 aromatic rings. The first-order chi connectivity index (χ1) is 6.63. The van der Waals surface area contributed by atoms with Crippen molar-refractivity contribution >= 4 is 11.7 Å². The van der Waals surface area contributed by atoms with Crippen LogP contribution in [0.2, 0.25) is 0 Å². The van der Waals surface area contributed by atoms with Crippen LogP contribution in [0.15, 0.2) is 18.2 Å². The zero-order valence-electron chi connectivity index (χ0n) is 7.56. The number of carboxylic acids is 1. The summed E-state index contributed by atoms with van der Waals surface area (Å²) in [6.45, 7) is -0.0397. The molecule has 5 heteroatoms. The Labute approximate surface area is 81.3 Å². The van der Waals surface area contributed by atoms with E-state index in [-0.39, 0.29) is 0 Å². The number of nitrogens with two attached hydrogens (primary N) is 2. The molecular weight excluding hydrogens is 184 g/mol. The van der Waals surface area contributed by atoms with Crippen molar-refractivity contribution in [3.63, 3.8) is 0 Å². The van der Waals surface area contributed by atoms with E-state index in [9.17, 15) is 4.79 Å². The first kappa shape index (κ1) is 10.3. The van der Waals surface area contributed by atoms with Crippen molar-refractivity contribution in [1.82, 2.24) is 0 Å². The van der Waals surface area contributed by atoms with E-state index in [4.69, 9.17) is 21.3 Å². The molecule has 0 unspecified atom stereocenters. The molecule has 0 radical (unpaired) electrons. The number of ether oxygens (including phenoxy) is 1. The van der Waals surface area contributed by atoms with Gasteiger partial charge in [0.25, 0.3) is 0 Å². The minimum Gasteiger partial charge on any atom is -0.480 e. The van der Waals surface area contributed by atoms with Crippen LogP contribution in [0.1, 0.15) is 5.56 Å². The number of anilines is 1. The minimum absolute atomic E-state index is 0.357. The standard InChI is InChI=1S/C9H12N2O3/c10-4-6-1-2-7(11)8(3-6)14-5-9(12)13/h1-3H,4-5,10-11H2,(H,12,13). The zero-order chi connectivity index (χ0) is 10.6. The molecule has 0 amide bonds. The van der Waals surface area contributed by atoms with Gasteiger partial charge in [-0.05, 0) is 17.7 Å². The number of carbonyl (C=O) groups is 1. The van der Waals surface area contributed by atoms with Crippen LogP contribution in [-0.2, 0) is 11.3 Å². The Bertz CT molecular complexity index is 339. The Hall–Kier alpha value is -1.75. The number of nitrogen functional groups attached to an aromatic ring is 1. The summed E-state index contributed by atoms with van der Waals surface area (Å²) in [4.78, 5) is 10.2. The monoisotopic (exact) mass is 196 g/mol. The summed E-state index contributed by atoms with van der Waals surface area (Å²) >= 11 is 0. The Morgan fingerprint density at radius 1 is 1.50 bits per heavy atom. The van der Waals surface area contributed by atoms with Crippen LogP contribution in [0.25, 0.3) is 0 Å². The summed E-state index contributed by atoms with van der Waals surface area (Å²) in [6.07, 6.45) is 0. The fraction of sp³-hybridized carbons (Fsp3) is 0.222. The van der Waals surface area contributed by atoms with Crippen molar-refractivity contribution in [3.8, 4) is 5.75 Å². The van der Waals surface area contributed by atoms with E-state index in [0.29, 0.717) is 18.0 Å². The highest BCUT2D eigenvalue weighted by atomic mass is 16.5. The maximum absolute atomic E-state index is 10.2. The van der Waals surface area contributed by atoms with Crippen molar-refractivity contribution in [1.29, 1.82) is 0 Å². The van der Waals surface area contributed by atoms with E-state index in [1.165, 1.54) is 0 Å². The lowest BCUT2D eigenvalue weighted by Crippen LogP contribution is -2.11. The number of aliphatic carboxylic acids is 1. The van der Waals surface area contributed by atoms with Gasteiger partial charge in [-0.1, -0.05) is 6.07 Å². The van der Waals surface area contributed by atoms with Crippen LogP contribution >= 0.6 is 0 Å². The summed E-state index contributed by atoms with van der Waals surface area (Å²) in [6, 6.07) is 5.04. The molecule has 0 aromatic heterocycles. The molecule has 0 aliphatic rings. The number of benzene rings is 1. The van der Waals surface area contributed by atoms with Crippen LogP contribution in [0.4, 0.5) is 5.69 Å². The molecule has 14 heavy (non-hydrogen) atoms. The molecule has 0 bridgehead atoms. The zero-order valence-corrected chi connectivity index (χ0v) is 7.56. The predicted molar refractivity (Wildman–Crippen MR) is 51.9 cm³/mol. The topological polar surface area (TPSA) is 98.6 Å². The summed E-state index contributed by atoms with van der Waals surface area (Å²) in [5.41, 5.74) is 12.2. The van der Waals surface area contributed by atoms with Crippen LogP contribution in [-0.4, -0.2) is 17.7 Å². The molecule has 0 aliphatic carbocycles. The molecule has 0 spiro atoms. The summed E-state index contributed by atoms with van der Waals surface area (Å²) < 4.78 is 4.96. The van der Waals surface area contributed by atoms with Crippen molar-refractivity contribution in [3.05, 3.63) is 23.8 Å². The van der Waals surface area contributed by atoms with Gasteiger partial charge in [0.15, 0.2) is 6.61 Å². The highest BCUT2D eigenvalue weighted by molar-refractivity contribution is 5.69. The Morgan fingerprint density at radius 3 is 2.79 bits per heavy atom. The largest absolute Gasteiger partial charge is 0.480 e. The minimum atomic E-state index is -1.04. The third kappa shape index (κ3) is 2.63. The lowest BCUT2D eigenvalue weighted by Gasteiger charge is -2.07. The average Bonchev–Trinajstić information content (AvgIpc) is 2.16. The van der Waals surface area contributed by atoms with Gasteiger partial charge in [0.2, 0.25) is 0 Å². The van der Waals surface area contributed by atoms with E-state index >= 15 is 0 Å². The molecular formula is C9H12N2O3. The molecule has 1 aromatic carbocycles. The second kappa shape index (κ2) is 4.48. The van der Waals surface area contributed by atoms with Gasteiger partial charge < -0.3 is 21.3 Å². The highest BCUT2D eigenvalue weighted by Gasteiger charge is 2.04. The number of hydrogen-bond acceptors (Lipinski definition) is 4. The van der Waals surface area contributed by atoms with Gasteiger partial charge in [0.05, 0.1) is 5.69 Å². The summed E-state index contributed by atoms with van der Waals surface area (Å²) in [7, 11) is 0. The van der Waals surface area contributed by atoms with Crippen molar-refractivity contribution < 1.29 is 14.6 Å². The van der Waals surface area contributed by atoms with Crippen LogP contribution in [0, 0.1) is 0 Å². The van der Waals surface area contributed by atoms with Gasteiger partial charge in [0.1, 0.15) is 5.75 Å². The van der Waals surface area contributed by atoms with Gasteiger partial charge in [-0.25, -0.2) is 4.79 Å². The molecule has 0 saturated heterocycles. The van der Waals surface area contributed by atoms with Crippen LogP contribution in [0.3, 0.4) is 0 Å². The molecule has 0 aliphatic heterocycles. The van der Waals surface area contributed by atoms with Crippen molar-refractivity contribution in [2.24, 2.45) is 5.73 Å². The molecule has 0 heterocycles. The van der Waals surface area contributed by atoms with Gasteiger partial charge in [-0.2, -0.15) is 0 Å². The Kier molecular flexibility index (Phi) is 3.30. The third-order valence-electron chi connectivity index (χ3n) is 1.66. The summed E-state index contributed by atoms with van der Waals surface area (Å²) in [5, 5.41) is 8.40. The maximum atomic E-state index is 10.2. The van der Waals surface area contributed by atoms with Crippen molar-refractivity contribution in [2.75, 3.05) is 12.3 Å². The maximum Gasteiger partial charge on any atom is 0.341 e.